The van der Waals surface area contributed by atoms with Crippen molar-refractivity contribution in [1.29, 1.82) is 0 Å². The first-order valence-corrected chi connectivity index (χ1v) is 8.36. The molecule has 0 radical (unpaired) electrons. The van der Waals surface area contributed by atoms with Crippen molar-refractivity contribution < 1.29 is 14.1 Å². The van der Waals surface area contributed by atoms with E-state index < -0.39 is 16.4 Å². The number of furan rings is 1. The Morgan fingerprint density at radius 2 is 2.04 bits per heavy atom. The summed E-state index contributed by atoms with van der Waals surface area (Å²) in [5.74, 6) is -0.511. The van der Waals surface area contributed by atoms with E-state index in [0.717, 1.165) is 9.95 Å². The summed E-state index contributed by atoms with van der Waals surface area (Å²) in [4.78, 5) is 39.8. The second-order valence-electron chi connectivity index (χ2n) is 6.21. The zero-order valence-electron chi connectivity index (χ0n) is 14.7. The van der Waals surface area contributed by atoms with Gasteiger partial charge in [-0.15, -0.1) is 0 Å². The van der Waals surface area contributed by atoms with Gasteiger partial charge in [0.15, 0.2) is 0 Å². The number of carbonyl (C=O) groups is 1. The average Bonchev–Trinajstić information content (AvgIpc) is 3.05. The molecule has 0 bridgehead atoms. The standard InChI is InChI=1S/C19H14N4O5/c1-11-13(6-4-7-14(11)23(26)27)21-16(24)9-22-10-20-17-12-5-2-3-8-15(12)28-18(17)19(22)25/h2-8,10H,9H2,1H3,(H,21,24). The van der Waals surface area contributed by atoms with Crippen molar-refractivity contribution >= 4 is 39.4 Å². The summed E-state index contributed by atoms with van der Waals surface area (Å²) in [6.45, 7) is 1.24. The van der Waals surface area contributed by atoms with E-state index in [4.69, 9.17) is 4.42 Å². The van der Waals surface area contributed by atoms with Crippen molar-refractivity contribution in [2.75, 3.05) is 5.32 Å². The number of para-hydroxylation sites is 1. The Morgan fingerprint density at radius 1 is 1.25 bits per heavy atom. The topological polar surface area (TPSA) is 120 Å². The van der Waals surface area contributed by atoms with E-state index in [1.165, 1.54) is 18.5 Å². The molecule has 0 atom stereocenters. The number of hydrogen-bond donors (Lipinski definition) is 1. The summed E-state index contributed by atoms with van der Waals surface area (Å²) < 4.78 is 6.71. The quantitative estimate of drug-likeness (QED) is 0.430. The Hall–Kier alpha value is -4.01. The molecule has 2 aromatic heterocycles. The lowest BCUT2D eigenvalue weighted by Crippen LogP contribution is -2.27. The lowest BCUT2D eigenvalue weighted by molar-refractivity contribution is -0.385. The van der Waals surface area contributed by atoms with Crippen LogP contribution in [0.4, 0.5) is 11.4 Å². The van der Waals surface area contributed by atoms with Crippen LogP contribution in [0.25, 0.3) is 22.1 Å². The highest BCUT2D eigenvalue weighted by molar-refractivity contribution is 6.01. The molecule has 0 saturated heterocycles. The van der Waals surface area contributed by atoms with Crippen LogP contribution in [0.15, 0.2) is 58.0 Å². The maximum absolute atomic E-state index is 12.7. The molecule has 2 aromatic carbocycles. The molecule has 28 heavy (non-hydrogen) atoms. The van der Waals surface area contributed by atoms with Gasteiger partial charge in [-0.3, -0.25) is 24.3 Å². The first-order valence-electron chi connectivity index (χ1n) is 8.36. The van der Waals surface area contributed by atoms with Crippen LogP contribution in [0, 0.1) is 17.0 Å². The number of carbonyl (C=O) groups excluding carboxylic acids is 1. The van der Waals surface area contributed by atoms with Crippen molar-refractivity contribution in [3.8, 4) is 0 Å². The van der Waals surface area contributed by atoms with Crippen molar-refractivity contribution in [2.45, 2.75) is 13.5 Å². The predicted molar refractivity (Wildman–Crippen MR) is 102 cm³/mol. The smallest absolute Gasteiger partial charge is 0.297 e. The number of amides is 1. The number of aromatic nitrogens is 2. The molecule has 4 aromatic rings. The first-order chi connectivity index (χ1) is 13.5. The molecule has 0 aliphatic heterocycles. The lowest BCUT2D eigenvalue weighted by atomic mass is 10.1. The highest BCUT2D eigenvalue weighted by atomic mass is 16.6. The van der Waals surface area contributed by atoms with Gasteiger partial charge in [-0.2, -0.15) is 0 Å². The molecule has 9 heteroatoms. The summed E-state index contributed by atoms with van der Waals surface area (Å²) in [6, 6.07) is 11.5. The van der Waals surface area contributed by atoms with Crippen LogP contribution in [0.1, 0.15) is 5.56 Å². The van der Waals surface area contributed by atoms with Crippen LogP contribution >= 0.6 is 0 Å². The fourth-order valence-corrected chi connectivity index (χ4v) is 3.03. The number of nitro benzene ring substituents is 1. The zero-order valence-corrected chi connectivity index (χ0v) is 14.7. The van der Waals surface area contributed by atoms with Crippen LogP contribution in [0.2, 0.25) is 0 Å². The zero-order chi connectivity index (χ0) is 19.8. The summed E-state index contributed by atoms with van der Waals surface area (Å²) in [7, 11) is 0. The van der Waals surface area contributed by atoms with Gasteiger partial charge in [-0.05, 0) is 25.1 Å². The van der Waals surface area contributed by atoms with E-state index in [-0.39, 0.29) is 17.8 Å². The summed E-state index contributed by atoms with van der Waals surface area (Å²) in [5.41, 5.74) is 1.11. The Morgan fingerprint density at radius 3 is 2.82 bits per heavy atom. The normalized spacial score (nSPS) is 11.0. The highest BCUT2D eigenvalue weighted by Gasteiger charge is 2.17. The number of rotatable bonds is 4. The van der Waals surface area contributed by atoms with Crippen LogP contribution in [-0.4, -0.2) is 20.4 Å². The minimum Gasteiger partial charge on any atom is -0.448 e. The third-order valence-electron chi connectivity index (χ3n) is 4.44. The lowest BCUT2D eigenvalue weighted by Gasteiger charge is -2.09. The van der Waals surface area contributed by atoms with Gasteiger partial charge in [0.1, 0.15) is 17.6 Å². The van der Waals surface area contributed by atoms with Gasteiger partial charge < -0.3 is 9.73 Å². The molecule has 0 spiro atoms. The van der Waals surface area contributed by atoms with Gasteiger partial charge in [0.05, 0.1) is 22.5 Å². The Labute approximate surface area is 157 Å². The first kappa shape index (κ1) is 17.4. The van der Waals surface area contributed by atoms with E-state index in [1.54, 1.807) is 31.2 Å². The largest absolute Gasteiger partial charge is 0.448 e. The molecule has 0 saturated carbocycles. The summed E-state index contributed by atoms with van der Waals surface area (Å²) >= 11 is 0. The SMILES string of the molecule is Cc1c(NC(=O)Cn2cnc3c(oc4ccccc43)c2=O)cccc1[N+](=O)[O-]. The van der Waals surface area contributed by atoms with Crippen LogP contribution < -0.4 is 10.9 Å². The fourth-order valence-electron chi connectivity index (χ4n) is 3.03. The number of nitrogens with zero attached hydrogens (tertiary/aromatic N) is 3. The molecule has 4 rings (SSSR count). The summed E-state index contributed by atoms with van der Waals surface area (Å²) in [5, 5.41) is 14.3. The number of fused-ring (bicyclic) bond motifs is 3. The maximum atomic E-state index is 12.7. The van der Waals surface area contributed by atoms with E-state index >= 15 is 0 Å². The predicted octanol–water partition coefficient (Wildman–Crippen LogP) is 3.00. The molecule has 9 nitrogen and oxygen atoms in total. The van der Waals surface area contributed by atoms with E-state index in [0.29, 0.717) is 22.4 Å². The number of nitrogens with one attached hydrogen (secondary N) is 1. The number of hydrogen-bond acceptors (Lipinski definition) is 6. The Kier molecular flexibility index (Phi) is 4.11. The molecule has 0 aliphatic carbocycles. The van der Waals surface area contributed by atoms with Gasteiger partial charge in [-0.25, -0.2) is 4.98 Å². The molecule has 1 amide bonds. The third-order valence-corrected chi connectivity index (χ3v) is 4.44. The second-order valence-corrected chi connectivity index (χ2v) is 6.21. The number of anilines is 1. The van der Waals surface area contributed by atoms with Crippen molar-refractivity contribution in [3.05, 3.63) is 74.8 Å². The molecule has 2 heterocycles. The van der Waals surface area contributed by atoms with Gasteiger partial charge in [0.2, 0.25) is 11.5 Å². The second kappa shape index (κ2) is 6.62. The van der Waals surface area contributed by atoms with Gasteiger partial charge in [-0.1, -0.05) is 18.2 Å². The maximum Gasteiger partial charge on any atom is 0.297 e. The fraction of sp³-hybridized carbons (Fsp3) is 0.105. The molecular formula is C19H14N4O5. The van der Waals surface area contributed by atoms with Gasteiger partial charge in [0, 0.05) is 11.5 Å². The monoisotopic (exact) mass is 378 g/mol. The van der Waals surface area contributed by atoms with Crippen molar-refractivity contribution in [2.24, 2.45) is 0 Å². The van der Waals surface area contributed by atoms with Crippen molar-refractivity contribution in [3.63, 3.8) is 0 Å². The van der Waals surface area contributed by atoms with Crippen LogP contribution in [0.5, 0.6) is 0 Å². The third kappa shape index (κ3) is 2.88. The van der Waals surface area contributed by atoms with E-state index in [2.05, 4.69) is 10.3 Å². The molecular weight excluding hydrogens is 364 g/mol. The summed E-state index contributed by atoms with van der Waals surface area (Å²) in [6.07, 6.45) is 1.28. The molecule has 140 valence electrons. The highest BCUT2D eigenvalue weighted by Crippen LogP contribution is 2.25. The van der Waals surface area contributed by atoms with E-state index in [1.807, 2.05) is 6.07 Å². The molecule has 0 aliphatic rings. The Balaban J connectivity index is 1.63. The number of nitro groups is 1. The van der Waals surface area contributed by atoms with Gasteiger partial charge >= 0.3 is 0 Å². The van der Waals surface area contributed by atoms with Crippen LogP contribution in [0.3, 0.4) is 0 Å². The Bertz CT molecular complexity index is 1300. The number of benzene rings is 2. The van der Waals surface area contributed by atoms with Crippen molar-refractivity contribution in [1.82, 2.24) is 9.55 Å². The minimum absolute atomic E-state index is 0.0722. The minimum atomic E-state index is -0.519. The van der Waals surface area contributed by atoms with E-state index in [9.17, 15) is 19.7 Å². The molecule has 0 unspecified atom stereocenters. The van der Waals surface area contributed by atoms with Gasteiger partial charge in [0.25, 0.3) is 11.2 Å². The average molecular weight is 378 g/mol. The molecule has 0 fully saturated rings. The van der Waals surface area contributed by atoms with Crippen LogP contribution in [-0.2, 0) is 11.3 Å². The molecule has 1 N–H and O–H groups in total.